The zero-order chi connectivity index (χ0) is 23.0. The van der Waals surface area contributed by atoms with Crippen LogP contribution in [0.2, 0.25) is 0 Å². The number of fused-ring (bicyclic) bond motifs is 3. The fourth-order valence-electron chi connectivity index (χ4n) is 3.54. The molecule has 2 aromatic heterocycles. The van der Waals surface area contributed by atoms with Crippen LogP contribution in [0, 0.1) is 5.41 Å². The molecule has 1 amide bonds. The zero-order valence-electron chi connectivity index (χ0n) is 19.3. The third-order valence-electron chi connectivity index (χ3n) is 4.98. The number of benzene rings is 1. The minimum atomic E-state index is -0.178. The van der Waals surface area contributed by atoms with Crippen LogP contribution in [0.15, 0.2) is 33.9 Å². The summed E-state index contributed by atoms with van der Waals surface area (Å²) >= 11 is 3.34. The standard InChI is InChI=1S/C24H29N3O3S2/c1-14(2)32-20-9-16-18(10-19(20)29-6)30-11-17-21(23(28)25-13-24(3,4)5)26-27(22(16)17)15-7-8-31-12-15/h7-10,12,14H,11,13H2,1-6H3,(H,25,28). The molecule has 170 valence electrons. The van der Waals surface area contributed by atoms with Gasteiger partial charge in [0.2, 0.25) is 0 Å². The first-order valence-corrected chi connectivity index (χ1v) is 12.4. The number of aromatic nitrogens is 2. The molecule has 3 heterocycles. The highest BCUT2D eigenvalue weighted by molar-refractivity contribution is 8.00. The molecular weight excluding hydrogens is 442 g/mol. The Bertz CT molecular complexity index is 1130. The van der Waals surface area contributed by atoms with Crippen LogP contribution < -0.4 is 14.8 Å². The van der Waals surface area contributed by atoms with Gasteiger partial charge in [0.15, 0.2) is 5.69 Å². The van der Waals surface area contributed by atoms with Gasteiger partial charge in [0.05, 0.1) is 23.4 Å². The van der Waals surface area contributed by atoms with Gasteiger partial charge in [-0.2, -0.15) is 16.4 Å². The topological polar surface area (TPSA) is 65.4 Å². The van der Waals surface area contributed by atoms with Crippen molar-refractivity contribution in [1.29, 1.82) is 0 Å². The highest BCUT2D eigenvalue weighted by Gasteiger charge is 2.31. The summed E-state index contributed by atoms with van der Waals surface area (Å²) in [6, 6.07) is 6.04. The number of carbonyl (C=O) groups is 1. The maximum atomic E-state index is 13.1. The first-order chi connectivity index (χ1) is 15.2. The largest absolute Gasteiger partial charge is 0.495 e. The highest BCUT2D eigenvalue weighted by Crippen LogP contribution is 2.46. The molecule has 0 unspecified atom stereocenters. The lowest BCUT2D eigenvalue weighted by atomic mass is 9.97. The van der Waals surface area contributed by atoms with E-state index in [1.54, 1.807) is 30.2 Å². The average molecular weight is 472 g/mol. The van der Waals surface area contributed by atoms with Crippen molar-refractivity contribution in [3.05, 3.63) is 40.2 Å². The minimum Gasteiger partial charge on any atom is -0.495 e. The second kappa shape index (κ2) is 8.83. The van der Waals surface area contributed by atoms with Gasteiger partial charge in [0.25, 0.3) is 5.91 Å². The molecule has 0 aliphatic carbocycles. The van der Waals surface area contributed by atoms with Gasteiger partial charge in [-0.05, 0) is 22.9 Å². The molecule has 3 aromatic rings. The number of hydrogen-bond acceptors (Lipinski definition) is 6. The van der Waals surface area contributed by atoms with E-state index in [1.165, 1.54) is 0 Å². The second-order valence-electron chi connectivity index (χ2n) is 9.27. The van der Waals surface area contributed by atoms with Crippen molar-refractivity contribution in [2.75, 3.05) is 13.7 Å². The number of thiophene rings is 1. The molecule has 0 spiro atoms. The maximum Gasteiger partial charge on any atom is 0.272 e. The van der Waals surface area contributed by atoms with Gasteiger partial charge in [-0.1, -0.05) is 34.6 Å². The van der Waals surface area contributed by atoms with E-state index in [4.69, 9.17) is 14.6 Å². The van der Waals surface area contributed by atoms with Gasteiger partial charge < -0.3 is 14.8 Å². The van der Waals surface area contributed by atoms with Crippen molar-refractivity contribution in [3.8, 4) is 28.4 Å². The summed E-state index contributed by atoms with van der Waals surface area (Å²) in [6.45, 7) is 11.4. The number of thioether (sulfide) groups is 1. The van der Waals surface area contributed by atoms with Crippen LogP contribution in [0.5, 0.6) is 11.5 Å². The van der Waals surface area contributed by atoms with Crippen molar-refractivity contribution in [2.45, 2.75) is 51.4 Å². The lowest BCUT2D eigenvalue weighted by Crippen LogP contribution is -2.33. The van der Waals surface area contributed by atoms with Gasteiger partial charge in [0, 0.05) is 34.4 Å². The molecule has 1 aromatic carbocycles. The van der Waals surface area contributed by atoms with Crippen LogP contribution in [0.4, 0.5) is 0 Å². The number of carbonyl (C=O) groups excluding carboxylic acids is 1. The number of methoxy groups -OCH3 is 1. The number of nitrogens with zero attached hydrogens (tertiary/aromatic N) is 2. The van der Waals surface area contributed by atoms with Gasteiger partial charge in [-0.25, -0.2) is 4.68 Å². The Morgan fingerprint density at radius 2 is 2.16 bits per heavy atom. The van der Waals surface area contributed by atoms with Crippen molar-refractivity contribution in [1.82, 2.24) is 15.1 Å². The Balaban J connectivity index is 1.86. The van der Waals surface area contributed by atoms with Crippen LogP contribution >= 0.6 is 23.1 Å². The van der Waals surface area contributed by atoms with Crippen LogP contribution in [0.3, 0.4) is 0 Å². The van der Waals surface area contributed by atoms with E-state index in [-0.39, 0.29) is 17.9 Å². The van der Waals surface area contributed by atoms with Crippen LogP contribution in [-0.2, 0) is 6.61 Å². The number of amides is 1. The predicted molar refractivity (Wildman–Crippen MR) is 131 cm³/mol. The number of ether oxygens (including phenoxy) is 2. The van der Waals surface area contributed by atoms with E-state index in [9.17, 15) is 4.79 Å². The molecule has 0 saturated carbocycles. The van der Waals surface area contributed by atoms with Gasteiger partial charge in [0.1, 0.15) is 18.1 Å². The molecule has 0 bridgehead atoms. The molecule has 0 atom stereocenters. The minimum absolute atomic E-state index is 0.0196. The van der Waals surface area contributed by atoms with E-state index in [0.717, 1.165) is 38.9 Å². The Labute approximate surface area is 197 Å². The fraction of sp³-hybridized carbons (Fsp3) is 0.417. The zero-order valence-corrected chi connectivity index (χ0v) is 20.9. The second-order valence-corrected chi connectivity index (χ2v) is 11.7. The van der Waals surface area contributed by atoms with Gasteiger partial charge >= 0.3 is 0 Å². The molecular formula is C24H29N3O3S2. The van der Waals surface area contributed by atoms with E-state index >= 15 is 0 Å². The summed E-state index contributed by atoms with van der Waals surface area (Å²) in [6.07, 6.45) is 0. The molecule has 0 fully saturated rings. The summed E-state index contributed by atoms with van der Waals surface area (Å²) in [4.78, 5) is 14.1. The monoisotopic (exact) mass is 471 g/mol. The quantitative estimate of drug-likeness (QED) is 0.462. The molecule has 0 saturated heterocycles. The van der Waals surface area contributed by atoms with Gasteiger partial charge in [-0.3, -0.25) is 4.79 Å². The average Bonchev–Trinajstić information content (AvgIpc) is 3.38. The molecule has 4 rings (SSSR count). The summed E-state index contributed by atoms with van der Waals surface area (Å²) in [5, 5.41) is 12.2. The highest BCUT2D eigenvalue weighted by atomic mass is 32.2. The number of rotatable bonds is 6. The smallest absolute Gasteiger partial charge is 0.272 e. The predicted octanol–water partition coefficient (Wildman–Crippen LogP) is 5.78. The Hall–Kier alpha value is -2.45. The molecule has 8 heteroatoms. The fourth-order valence-corrected chi connectivity index (χ4v) is 5.11. The SMILES string of the molecule is COc1cc2c(cc1SC(C)C)-c1c(c(C(=O)NCC(C)(C)C)nn1-c1ccsc1)CO2. The third kappa shape index (κ3) is 4.52. The molecule has 1 aliphatic heterocycles. The number of nitrogens with one attached hydrogen (secondary N) is 1. The van der Waals surface area contributed by atoms with Crippen molar-refractivity contribution >= 4 is 29.0 Å². The van der Waals surface area contributed by atoms with Crippen molar-refractivity contribution in [2.24, 2.45) is 5.41 Å². The molecule has 6 nitrogen and oxygen atoms in total. The maximum absolute atomic E-state index is 13.1. The number of hydrogen-bond donors (Lipinski definition) is 1. The Morgan fingerprint density at radius 1 is 1.38 bits per heavy atom. The van der Waals surface area contributed by atoms with E-state index in [0.29, 0.717) is 17.5 Å². The molecule has 32 heavy (non-hydrogen) atoms. The first-order valence-electron chi connectivity index (χ1n) is 10.6. The first kappa shape index (κ1) is 22.7. The Morgan fingerprint density at radius 3 is 2.78 bits per heavy atom. The van der Waals surface area contributed by atoms with Crippen LogP contribution in [-0.4, -0.2) is 34.6 Å². The third-order valence-corrected chi connectivity index (χ3v) is 6.70. The summed E-state index contributed by atoms with van der Waals surface area (Å²) in [5.74, 6) is 1.35. The van der Waals surface area contributed by atoms with Crippen molar-refractivity contribution in [3.63, 3.8) is 0 Å². The molecule has 0 radical (unpaired) electrons. The normalized spacial score (nSPS) is 12.8. The summed E-state index contributed by atoms with van der Waals surface area (Å²) < 4.78 is 13.6. The van der Waals surface area contributed by atoms with E-state index in [2.05, 4.69) is 46.0 Å². The summed E-state index contributed by atoms with van der Waals surface area (Å²) in [5.41, 5.74) is 3.95. The van der Waals surface area contributed by atoms with Crippen LogP contribution in [0.1, 0.15) is 50.7 Å². The lowest BCUT2D eigenvalue weighted by molar-refractivity contribution is 0.0931. The van der Waals surface area contributed by atoms with E-state index in [1.807, 2.05) is 27.6 Å². The molecule has 1 N–H and O–H groups in total. The molecule has 1 aliphatic rings. The van der Waals surface area contributed by atoms with E-state index < -0.39 is 0 Å². The van der Waals surface area contributed by atoms with Crippen molar-refractivity contribution < 1.29 is 14.3 Å². The Kier molecular flexibility index (Phi) is 6.27. The lowest BCUT2D eigenvalue weighted by Gasteiger charge is -2.22. The van der Waals surface area contributed by atoms with Crippen LogP contribution in [0.25, 0.3) is 16.9 Å². The van der Waals surface area contributed by atoms with Gasteiger partial charge in [-0.15, -0.1) is 11.8 Å². The summed E-state index contributed by atoms with van der Waals surface area (Å²) in [7, 11) is 1.67.